The minimum absolute atomic E-state index is 0.0528. The van der Waals surface area contributed by atoms with Gasteiger partial charge >= 0.3 is 0 Å². The van der Waals surface area contributed by atoms with Crippen molar-refractivity contribution in [3.8, 4) is 0 Å². The molecule has 0 bridgehead atoms. The predicted molar refractivity (Wildman–Crippen MR) is 96.4 cm³/mol. The lowest BCUT2D eigenvalue weighted by Crippen LogP contribution is -2.21. The Labute approximate surface area is 158 Å². The summed E-state index contributed by atoms with van der Waals surface area (Å²) in [5.74, 6) is -1.22. The summed E-state index contributed by atoms with van der Waals surface area (Å²) in [6.45, 7) is 1.51. The van der Waals surface area contributed by atoms with Crippen molar-refractivity contribution < 1.29 is 18.4 Å². The van der Waals surface area contributed by atoms with Gasteiger partial charge in [0.15, 0.2) is 0 Å². The van der Waals surface area contributed by atoms with Crippen LogP contribution in [0.5, 0.6) is 0 Å². The van der Waals surface area contributed by atoms with E-state index in [2.05, 4.69) is 31.3 Å². The third kappa shape index (κ3) is 3.58. The van der Waals surface area contributed by atoms with Crippen molar-refractivity contribution in [2.75, 3.05) is 5.32 Å². The first-order valence-corrected chi connectivity index (χ1v) is 8.87. The van der Waals surface area contributed by atoms with Gasteiger partial charge in [0.05, 0.1) is 16.4 Å². The molecule has 3 heterocycles. The van der Waals surface area contributed by atoms with Gasteiger partial charge in [0.1, 0.15) is 21.9 Å². The van der Waals surface area contributed by atoms with Gasteiger partial charge in [-0.05, 0) is 34.5 Å². The number of hydrogen-bond acceptors (Lipinski definition) is 5. The number of nitrogens with zero attached hydrogens (tertiary/aromatic N) is 3. The maximum absolute atomic E-state index is 13.0. The van der Waals surface area contributed by atoms with Crippen molar-refractivity contribution in [3.05, 3.63) is 39.1 Å². The second-order valence-electron chi connectivity index (χ2n) is 5.42. The number of rotatable bonds is 5. The number of amides is 2. The quantitative estimate of drug-likeness (QED) is 0.631. The van der Waals surface area contributed by atoms with Gasteiger partial charge in [0.25, 0.3) is 12.3 Å². The van der Waals surface area contributed by atoms with Gasteiger partial charge in [-0.2, -0.15) is 5.10 Å². The van der Waals surface area contributed by atoms with Gasteiger partial charge in [-0.15, -0.1) is 11.3 Å². The number of primary amides is 1. The highest BCUT2D eigenvalue weighted by Crippen LogP contribution is 2.38. The molecule has 0 aromatic carbocycles. The minimum Gasteiger partial charge on any atom is -0.365 e. The molecule has 3 N–H and O–H groups in total. The molecule has 0 aliphatic heterocycles. The second-order valence-corrected chi connectivity index (χ2v) is 7.33. The Hall–Kier alpha value is -2.40. The zero-order chi connectivity index (χ0) is 19.0. The van der Waals surface area contributed by atoms with Gasteiger partial charge in [-0.1, -0.05) is 0 Å². The fraction of sp³-hybridized carbons (Fsp3) is 0.200. The van der Waals surface area contributed by atoms with E-state index in [0.29, 0.717) is 15.4 Å². The van der Waals surface area contributed by atoms with Gasteiger partial charge in [-0.3, -0.25) is 14.3 Å². The van der Waals surface area contributed by atoms with E-state index in [-0.39, 0.29) is 21.9 Å². The summed E-state index contributed by atoms with van der Waals surface area (Å²) >= 11 is 4.10. The minimum atomic E-state index is -2.74. The first kappa shape index (κ1) is 18.4. The number of carbonyl (C=O) groups is 2. The zero-order valence-electron chi connectivity index (χ0n) is 13.3. The van der Waals surface area contributed by atoms with Gasteiger partial charge in [0.2, 0.25) is 5.91 Å². The highest BCUT2D eigenvalue weighted by molar-refractivity contribution is 9.10. The van der Waals surface area contributed by atoms with E-state index in [4.69, 9.17) is 5.73 Å². The SMILES string of the molecule is Cc1cc(C(F)F)nc2sc(C(N)=O)c(NC(=O)Cn3cc(Br)cn3)c12. The number of nitrogens with one attached hydrogen (secondary N) is 1. The van der Waals surface area contributed by atoms with Crippen molar-refractivity contribution in [1.29, 1.82) is 0 Å². The lowest BCUT2D eigenvalue weighted by Gasteiger charge is -2.08. The molecule has 0 radical (unpaired) electrons. The Morgan fingerprint density at radius 1 is 1.46 bits per heavy atom. The first-order valence-electron chi connectivity index (χ1n) is 7.26. The molecule has 26 heavy (non-hydrogen) atoms. The molecule has 0 fully saturated rings. The molecule has 136 valence electrons. The normalized spacial score (nSPS) is 11.3. The van der Waals surface area contributed by atoms with Crippen molar-refractivity contribution in [2.45, 2.75) is 19.9 Å². The van der Waals surface area contributed by atoms with E-state index >= 15 is 0 Å². The number of pyridine rings is 1. The van der Waals surface area contributed by atoms with Crippen molar-refractivity contribution in [3.63, 3.8) is 0 Å². The highest BCUT2D eigenvalue weighted by Gasteiger charge is 2.23. The molecule has 3 aromatic heterocycles. The highest BCUT2D eigenvalue weighted by atomic mass is 79.9. The number of aromatic nitrogens is 3. The average Bonchev–Trinajstić information content (AvgIpc) is 3.11. The molecular formula is C15H12BrF2N5O2S. The number of alkyl halides is 2. The van der Waals surface area contributed by atoms with E-state index in [9.17, 15) is 18.4 Å². The number of nitrogens with two attached hydrogens (primary N) is 1. The number of hydrogen-bond donors (Lipinski definition) is 2. The van der Waals surface area contributed by atoms with Crippen LogP contribution in [0.4, 0.5) is 14.5 Å². The van der Waals surface area contributed by atoms with Crippen LogP contribution in [0, 0.1) is 6.92 Å². The maximum atomic E-state index is 13.0. The zero-order valence-corrected chi connectivity index (χ0v) is 15.7. The summed E-state index contributed by atoms with van der Waals surface area (Å²) in [6.07, 6.45) is 0.401. The number of carbonyl (C=O) groups excluding carboxylic acids is 2. The fourth-order valence-electron chi connectivity index (χ4n) is 2.46. The number of halogens is 3. The molecular weight excluding hydrogens is 432 g/mol. The number of fused-ring (bicyclic) bond motifs is 1. The average molecular weight is 444 g/mol. The van der Waals surface area contributed by atoms with E-state index < -0.39 is 23.9 Å². The molecule has 0 unspecified atom stereocenters. The summed E-state index contributed by atoms with van der Waals surface area (Å²) in [7, 11) is 0. The number of aryl methyl sites for hydroxylation is 1. The lowest BCUT2D eigenvalue weighted by molar-refractivity contribution is -0.116. The van der Waals surface area contributed by atoms with E-state index in [1.807, 2.05) is 0 Å². The van der Waals surface area contributed by atoms with Crippen LogP contribution in [0.2, 0.25) is 0 Å². The van der Waals surface area contributed by atoms with Gasteiger partial charge in [-0.25, -0.2) is 13.8 Å². The third-order valence-electron chi connectivity index (χ3n) is 3.50. The van der Waals surface area contributed by atoms with Crippen LogP contribution in [-0.4, -0.2) is 26.6 Å². The fourth-order valence-corrected chi connectivity index (χ4v) is 3.86. The molecule has 0 aliphatic carbocycles. The van der Waals surface area contributed by atoms with Crippen molar-refractivity contribution in [1.82, 2.24) is 14.8 Å². The van der Waals surface area contributed by atoms with E-state index in [1.54, 1.807) is 13.1 Å². The molecule has 7 nitrogen and oxygen atoms in total. The Bertz CT molecular complexity index is 1020. The smallest absolute Gasteiger partial charge is 0.280 e. The van der Waals surface area contributed by atoms with Crippen molar-refractivity contribution >= 4 is 55.0 Å². The standard InChI is InChI=1S/C15H12BrF2N5O2S/c1-6-2-8(13(17)18)21-15-10(6)11(12(26-15)14(19)25)22-9(24)5-23-4-7(16)3-20-23/h2-4,13H,5H2,1H3,(H2,19,25)(H,22,24). The second kappa shape index (κ2) is 7.08. The molecule has 2 amide bonds. The largest absolute Gasteiger partial charge is 0.365 e. The molecule has 11 heteroatoms. The predicted octanol–water partition coefficient (Wildman–Crippen LogP) is 3.24. The third-order valence-corrected chi connectivity index (χ3v) is 5.01. The van der Waals surface area contributed by atoms with Crippen LogP contribution in [0.3, 0.4) is 0 Å². The molecule has 0 saturated heterocycles. The maximum Gasteiger partial charge on any atom is 0.280 e. The first-order chi connectivity index (χ1) is 12.3. The molecule has 0 spiro atoms. The van der Waals surface area contributed by atoms with Gasteiger partial charge < -0.3 is 11.1 Å². The van der Waals surface area contributed by atoms with Crippen molar-refractivity contribution in [2.24, 2.45) is 5.73 Å². The van der Waals surface area contributed by atoms with Gasteiger partial charge in [0, 0.05) is 11.6 Å². The Morgan fingerprint density at radius 3 is 2.77 bits per heavy atom. The van der Waals surface area contributed by atoms with Crippen LogP contribution < -0.4 is 11.1 Å². The topological polar surface area (TPSA) is 103 Å². The molecule has 0 atom stereocenters. The summed E-state index contributed by atoms with van der Waals surface area (Å²) in [5.41, 5.74) is 5.63. The number of thiophene rings is 1. The summed E-state index contributed by atoms with van der Waals surface area (Å²) in [4.78, 5) is 28.2. The summed E-state index contributed by atoms with van der Waals surface area (Å²) in [5, 5.41) is 7.03. The molecule has 3 rings (SSSR count). The van der Waals surface area contributed by atoms with E-state index in [1.165, 1.54) is 16.9 Å². The lowest BCUT2D eigenvalue weighted by atomic mass is 10.1. The molecule has 3 aromatic rings. The number of anilines is 1. The molecule has 0 aliphatic rings. The summed E-state index contributed by atoms with van der Waals surface area (Å²) < 4.78 is 28.0. The Kier molecular flexibility index (Phi) is 5.01. The Balaban J connectivity index is 2.01. The van der Waals surface area contributed by atoms with Crippen LogP contribution >= 0.6 is 27.3 Å². The van der Waals surface area contributed by atoms with Crippen LogP contribution in [0.15, 0.2) is 22.9 Å². The van der Waals surface area contributed by atoms with Crippen LogP contribution in [0.1, 0.15) is 27.4 Å². The van der Waals surface area contributed by atoms with E-state index in [0.717, 1.165) is 11.3 Å². The molecule has 0 saturated carbocycles. The summed E-state index contributed by atoms with van der Waals surface area (Å²) in [6, 6.07) is 1.23. The van der Waals surface area contributed by atoms with Crippen LogP contribution in [-0.2, 0) is 11.3 Å². The monoisotopic (exact) mass is 443 g/mol. The van der Waals surface area contributed by atoms with Crippen LogP contribution in [0.25, 0.3) is 10.2 Å². The Morgan fingerprint density at radius 2 is 2.19 bits per heavy atom.